The standard InChI is InChI=1S/C11H14N2O3S2/c1-11(2,3)13-18(14,15)10-5-4-9(17-10)8-6-7-12-16-8/h4-7,13H,1-3H3. The fourth-order valence-corrected chi connectivity index (χ4v) is 4.08. The van der Waals surface area contributed by atoms with Gasteiger partial charge in [-0.25, -0.2) is 13.1 Å². The van der Waals surface area contributed by atoms with Crippen molar-refractivity contribution in [1.29, 1.82) is 0 Å². The van der Waals surface area contributed by atoms with Crippen LogP contribution in [0.25, 0.3) is 10.6 Å². The second kappa shape index (κ2) is 4.49. The monoisotopic (exact) mass is 286 g/mol. The molecular formula is C11H14N2O3S2. The van der Waals surface area contributed by atoms with Crippen LogP contribution in [0.2, 0.25) is 0 Å². The lowest BCUT2D eigenvalue weighted by Gasteiger charge is -2.19. The number of sulfonamides is 1. The maximum Gasteiger partial charge on any atom is 0.250 e. The van der Waals surface area contributed by atoms with Gasteiger partial charge in [0.05, 0.1) is 11.1 Å². The average Bonchev–Trinajstić information content (AvgIpc) is 2.85. The number of hydrogen-bond acceptors (Lipinski definition) is 5. The maximum atomic E-state index is 12.1. The van der Waals surface area contributed by atoms with Gasteiger partial charge in [0, 0.05) is 11.6 Å². The van der Waals surface area contributed by atoms with E-state index in [-0.39, 0.29) is 4.21 Å². The molecule has 0 saturated carbocycles. The van der Waals surface area contributed by atoms with E-state index >= 15 is 0 Å². The summed E-state index contributed by atoms with van der Waals surface area (Å²) >= 11 is 1.15. The predicted molar refractivity (Wildman–Crippen MR) is 69.9 cm³/mol. The topological polar surface area (TPSA) is 72.2 Å². The molecule has 2 aromatic rings. The SMILES string of the molecule is CC(C)(C)NS(=O)(=O)c1ccc(-c2ccno2)s1. The third-order valence-corrected chi connectivity index (χ3v) is 5.32. The van der Waals surface area contributed by atoms with Gasteiger partial charge in [-0.3, -0.25) is 0 Å². The Morgan fingerprint density at radius 1 is 1.28 bits per heavy atom. The van der Waals surface area contributed by atoms with Crippen molar-refractivity contribution in [3.63, 3.8) is 0 Å². The highest BCUT2D eigenvalue weighted by Gasteiger charge is 2.24. The first-order chi connectivity index (χ1) is 8.28. The van der Waals surface area contributed by atoms with Crippen LogP contribution >= 0.6 is 11.3 Å². The van der Waals surface area contributed by atoms with Crippen LogP contribution in [0.5, 0.6) is 0 Å². The van der Waals surface area contributed by atoms with Crippen LogP contribution in [0.1, 0.15) is 20.8 Å². The van der Waals surface area contributed by atoms with E-state index in [2.05, 4.69) is 9.88 Å². The summed E-state index contributed by atoms with van der Waals surface area (Å²) in [6.45, 7) is 5.40. The molecule has 0 atom stereocenters. The van der Waals surface area contributed by atoms with Gasteiger partial charge in [-0.1, -0.05) is 5.16 Å². The Hall–Kier alpha value is -1.18. The Balaban J connectivity index is 2.31. The van der Waals surface area contributed by atoms with Crippen LogP contribution < -0.4 is 4.72 Å². The van der Waals surface area contributed by atoms with Crippen LogP contribution in [0, 0.1) is 0 Å². The van der Waals surface area contributed by atoms with E-state index in [1.54, 1.807) is 39.0 Å². The smallest absolute Gasteiger partial charge is 0.250 e. The quantitative estimate of drug-likeness (QED) is 0.941. The molecule has 98 valence electrons. The Labute approximate surface area is 110 Å². The molecule has 0 radical (unpaired) electrons. The van der Waals surface area contributed by atoms with Crippen molar-refractivity contribution in [2.75, 3.05) is 0 Å². The first-order valence-corrected chi connectivity index (χ1v) is 7.63. The lowest BCUT2D eigenvalue weighted by Crippen LogP contribution is -2.40. The molecule has 0 fully saturated rings. The lowest BCUT2D eigenvalue weighted by atomic mass is 10.1. The molecule has 0 aromatic carbocycles. The molecular weight excluding hydrogens is 272 g/mol. The predicted octanol–water partition coefficient (Wildman–Crippen LogP) is 2.48. The fourth-order valence-electron chi connectivity index (χ4n) is 1.39. The highest BCUT2D eigenvalue weighted by molar-refractivity contribution is 7.91. The molecule has 0 saturated heterocycles. The third-order valence-electron chi connectivity index (χ3n) is 1.97. The number of hydrogen-bond donors (Lipinski definition) is 1. The van der Waals surface area contributed by atoms with E-state index in [1.165, 1.54) is 6.20 Å². The van der Waals surface area contributed by atoms with Crippen molar-refractivity contribution in [3.05, 3.63) is 24.4 Å². The number of nitrogens with one attached hydrogen (secondary N) is 1. The van der Waals surface area contributed by atoms with Crippen molar-refractivity contribution in [2.24, 2.45) is 0 Å². The summed E-state index contributed by atoms with van der Waals surface area (Å²) in [4.78, 5) is 0.738. The number of aromatic nitrogens is 1. The van der Waals surface area contributed by atoms with Crippen LogP contribution in [0.3, 0.4) is 0 Å². The second-order valence-corrected chi connectivity index (χ2v) is 7.84. The lowest BCUT2D eigenvalue weighted by molar-refractivity contribution is 0.433. The summed E-state index contributed by atoms with van der Waals surface area (Å²) in [7, 11) is -3.48. The second-order valence-electron chi connectivity index (χ2n) is 4.85. The molecule has 0 spiro atoms. The van der Waals surface area contributed by atoms with Gasteiger partial charge in [-0.15, -0.1) is 11.3 Å². The van der Waals surface area contributed by atoms with Gasteiger partial charge in [-0.2, -0.15) is 0 Å². The molecule has 18 heavy (non-hydrogen) atoms. The number of nitrogens with zero attached hydrogens (tertiary/aromatic N) is 1. The zero-order valence-corrected chi connectivity index (χ0v) is 11.9. The summed E-state index contributed by atoms with van der Waals surface area (Å²) in [5.41, 5.74) is -0.505. The molecule has 0 amide bonds. The van der Waals surface area contributed by atoms with Gasteiger partial charge in [-0.05, 0) is 32.9 Å². The van der Waals surface area contributed by atoms with Gasteiger partial charge >= 0.3 is 0 Å². The van der Waals surface area contributed by atoms with Gasteiger partial charge in [0.1, 0.15) is 4.21 Å². The van der Waals surface area contributed by atoms with Crippen LogP contribution in [-0.4, -0.2) is 19.1 Å². The van der Waals surface area contributed by atoms with Crippen molar-refractivity contribution in [3.8, 4) is 10.6 Å². The van der Waals surface area contributed by atoms with Crippen LogP contribution in [0.4, 0.5) is 0 Å². The molecule has 0 aliphatic heterocycles. The Bertz CT molecular complexity index is 622. The van der Waals surface area contributed by atoms with Crippen LogP contribution in [-0.2, 0) is 10.0 Å². The molecule has 0 aliphatic rings. The third kappa shape index (κ3) is 2.98. The Morgan fingerprint density at radius 3 is 2.56 bits per heavy atom. The Kier molecular flexibility index (Phi) is 3.31. The highest BCUT2D eigenvalue weighted by Crippen LogP contribution is 2.30. The van der Waals surface area contributed by atoms with Crippen molar-refractivity contribution in [1.82, 2.24) is 9.88 Å². The zero-order chi connectivity index (χ0) is 13.4. The summed E-state index contributed by atoms with van der Waals surface area (Å²) in [5.74, 6) is 0.567. The largest absolute Gasteiger partial charge is 0.355 e. The number of rotatable bonds is 3. The molecule has 1 N–H and O–H groups in total. The minimum absolute atomic E-state index is 0.267. The summed E-state index contributed by atoms with van der Waals surface area (Å²) in [6.07, 6.45) is 1.52. The molecule has 2 rings (SSSR count). The van der Waals surface area contributed by atoms with E-state index in [0.717, 1.165) is 16.2 Å². The van der Waals surface area contributed by atoms with Gasteiger partial charge in [0.25, 0.3) is 10.0 Å². The van der Waals surface area contributed by atoms with Crippen molar-refractivity contribution in [2.45, 2.75) is 30.5 Å². The minimum Gasteiger partial charge on any atom is -0.355 e. The van der Waals surface area contributed by atoms with E-state index in [4.69, 9.17) is 4.52 Å². The fraction of sp³-hybridized carbons (Fsp3) is 0.364. The molecule has 2 aromatic heterocycles. The maximum absolute atomic E-state index is 12.1. The summed E-state index contributed by atoms with van der Waals surface area (Å²) < 4.78 is 32.0. The van der Waals surface area contributed by atoms with Crippen LogP contribution in [0.15, 0.2) is 33.1 Å². The normalized spacial score (nSPS) is 12.8. The molecule has 5 nitrogen and oxygen atoms in total. The minimum atomic E-state index is -3.48. The summed E-state index contributed by atoms with van der Waals surface area (Å²) in [5, 5.41) is 3.60. The first-order valence-electron chi connectivity index (χ1n) is 5.33. The van der Waals surface area contributed by atoms with E-state index in [1.807, 2.05) is 0 Å². The Morgan fingerprint density at radius 2 is 2.00 bits per heavy atom. The molecule has 0 unspecified atom stereocenters. The van der Waals surface area contributed by atoms with E-state index < -0.39 is 15.6 Å². The highest BCUT2D eigenvalue weighted by atomic mass is 32.2. The summed E-state index contributed by atoms with van der Waals surface area (Å²) in [6, 6.07) is 4.97. The number of thiophene rings is 1. The van der Waals surface area contributed by atoms with Gasteiger partial charge in [0.15, 0.2) is 5.76 Å². The zero-order valence-electron chi connectivity index (χ0n) is 10.3. The van der Waals surface area contributed by atoms with Crippen molar-refractivity contribution < 1.29 is 12.9 Å². The van der Waals surface area contributed by atoms with Gasteiger partial charge < -0.3 is 4.52 Å². The first kappa shape index (κ1) is 13.3. The molecule has 0 bridgehead atoms. The van der Waals surface area contributed by atoms with Gasteiger partial charge in [0.2, 0.25) is 0 Å². The average molecular weight is 286 g/mol. The molecule has 0 aliphatic carbocycles. The molecule has 7 heteroatoms. The molecule has 2 heterocycles. The van der Waals surface area contributed by atoms with Crippen molar-refractivity contribution >= 4 is 21.4 Å². The van der Waals surface area contributed by atoms with E-state index in [0.29, 0.717) is 5.76 Å². The van der Waals surface area contributed by atoms with E-state index in [9.17, 15) is 8.42 Å².